The summed E-state index contributed by atoms with van der Waals surface area (Å²) in [5, 5.41) is 5.60. The van der Waals surface area contributed by atoms with Gasteiger partial charge in [0.1, 0.15) is 11.4 Å². The first-order chi connectivity index (χ1) is 9.48. The van der Waals surface area contributed by atoms with Gasteiger partial charge in [-0.2, -0.15) is 0 Å². The van der Waals surface area contributed by atoms with Gasteiger partial charge in [-0.25, -0.2) is 0 Å². The highest BCUT2D eigenvalue weighted by molar-refractivity contribution is 9.11. The Balaban J connectivity index is 1.95. The molecule has 1 aromatic carbocycles. The summed E-state index contributed by atoms with van der Waals surface area (Å²) < 4.78 is 7.11. The minimum Gasteiger partial charge on any atom is -0.487 e. The van der Waals surface area contributed by atoms with E-state index in [1.807, 2.05) is 7.05 Å². The van der Waals surface area contributed by atoms with E-state index in [0.717, 1.165) is 12.2 Å². The standard InChI is InChI=1S/C16H18BrNOS/c1-16(2)8-11-6-10(4-5-13(11)19-16)15(18-3)12-7-14(17)20-9-12/h4-7,9,15,18H,8H2,1-3H3. The number of ether oxygens (including phenoxy) is 1. The first-order valence-corrected chi connectivity index (χ1v) is 8.39. The van der Waals surface area contributed by atoms with Gasteiger partial charge in [-0.05, 0) is 71.0 Å². The van der Waals surface area contributed by atoms with Crippen LogP contribution in [0.2, 0.25) is 0 Å². The highest BCUT2D eigenvalue weighted by atomic mass is 79.9. The van der Waals surface area contributed by atoms with Gasteiger partial charge in [0.05, 0.1) is 9.83 Å². The fourth-order valence-electron chi connectivity index (χ4n) is 2.81. The second-order valence-corrected chi connectivity index (χ2v) is 8.10. The Morgan fingerprint density at radius 2 is 2.10 bits per heavy atom. The van der Waals surface area contributed by atoms with Gasteiger partial charge in [0.2, 0.25) is 0 Å². The van der Waals surface area contributed by atoms with Crippen LogP contribution in [-0.2, 0) is 6.42 Å². The monoisotopic (exact) mass is 351 g/mol. The molecule has 106 valence electrons. The summed E-state index contributed by atoms with van der Waals surface area (Å²) in [5.41, 5.74) is 3.81. The molecule has 1 aliphatic rings. The molecule has 0 saturated carbocycles. The molecule has 1 N–H and O–H groups in total. The summed E-state index contributed by atoms with van der Waals surface area (Å²) in [4.78, 5) is 0. The number of hydrogen-bond donors (Lipinski definition) is 1. The van der Waals surface area contributed by atoms with Crippen molar-refractivity contribution in [3.8, 4) is 5.75 Å². The maximum atomic E-state index is 5.95. The van der Waals surface area contributed by atoms with E-state index < -0.39 is 0 Å². The molecule has 0 amide bonds. The second-order valence-electron chi connectivity index (χ2n) is 5.81. The Morgan fingerprint density at radius 1 is 1.30 bits per heavy atom. The predicted octanol–water partition coefficient (Wildman–Crippen LogP) is 4.53. The van der Waals surface area contributed by atoms with Crippen LogP contribution >= 0.6 is 27.3 Å². The first-order valence-electron chi connectivity index (χ1n) is 6.71. The molecular weight excluding hydrogens is 334 g/mol. The smallest absolute Gasteiger partial charge is 0.123 e. The van der Waals surface area contributed by atoms with E-state index in [-0.39, 0.29) is 11.6 Å². The summed E-state index contributed by atoms with van der Waals surface area (Å²) in [7, 11) is 2.00. The van der Waals surface area contributed by atoms with Gasteiger partial charge in [-0.15, -0.1) is 11.3 Å². The Hall–Kier alpha value is -0.840. The molecule has 0 bridgehead atoms. The summed E-state index contributed by atoms with van der Waals surface area (Å²) in [6.45, 7) is 4.27. The average molecular weight is 352 g/mol. The van der Waals surface area contributed by atoms with Crippen LogP contribution in [0.4, 0.5) is 0 Å². The third-order valence-corrected chi connectivity index (χ3v) is 5.15. The molecule has 0 fully saturated rings. The van der Waals surface area contributed by atoms with Crippen LogP contribution in [0.5, 0.6) is 5.75 Å². The fourth-order valence-corrected chi connectivity index (χ4v) is 4.01. The predicted molar refractivity (Wildman–Crippen MR) is 87.8 cm³/mol. The van der Waals surface area contributed by atoms with Crippen molar-refractivity contribution in [1.82, 2.24) is 5.32 Å². The Labute approximate surface area is 132 Å². The van der Waals surface area contributed by atoms with Crippen LogP contribution in [-0.4, -0.2) is 12.6 Å². The second kappa shape index (κ2) is 5.17. The van der Waals surface area contributed by atoms with Gasteiger partial charge in [-0.3, -0.25) is 0 Å². The maximum absolute atomic E-state index is 5.95. The third kappa shape index (κ3) is 2.65. The van der Waals surface area contributed by atoms with Crippen molar-refractivity contribution in [2.75, 3.05) is 7.05 Å². The minimum absolute atomic E-state index is 0.0818. The lowest BCUT2D eigenvalue weighted by Crippen LogP contribution is -2.24. The molecule has 0 radical (unpaired) electrons. The van der Waals surface area contributed by atoms with E-state index >= 15 is 0 Å². The molecule has 2 heterocycles. The number of benzene rings is 1. The van der Waals surface area contributed by atoms with Crippen LogP contribution in [0.1, 0.15) is 36.6 Å². The molecule has 4 heteroatoms. The van der Waals surface area contributed by atoms with Crippen LogP contribution in [0.3, 0.4) is 0 Å². The summed E-state index contributed by atoms with van der Waals surface area (Å²) in [6, 6.07) is 8.95. The Bertz CT molecular complexity index is 635. The van der Waals surface area contributed by atoms with Gasteiger partial charge in [0, 0.05) is 6.42 Å². The zero-order valence-corrected chi connectivity index (χ0v) is 14.3. The van der Waals surface area contributed by atoms with Crippen LogP contribution in [0, 0.1) is 0 Å². The number of fused-ring (bicyclic) bond motifs is 1. The average Bonchev–Trinajstić information content (AvgIpc) is 2.91. The highest BCUT2D eigenvalue weighted by Gasteiger charge is 2.30. The van der Waals surface area contributed by atoms with E-state index in [1.165, 1.54) is 20.5 Å². The molecule has 0 saturated heterocycles. The number of halogens is 1. The van der Waals surface area contributed by atoms with E-state index in [1.54, 1.807) is 11.3 Å². The first kappa shape index (κ1) is 14.1. The summed E-state index contributed by atoms with van der Waals surface area (Å²) in [5.74, 6) is 1.03. The lowest BCUT2D eigenvalue weighted by molar-refractivity contribution is 0.138. The van der Waals surface area contributed by atoms with Gasteiger partial charge >= 0.3 is 0 Å². The number of nitrogens with one attached hydrogen (secondary N) is 1. The van der Waals surface area contributed by atoms with Gasteiger partial charge in [0.25, 0.3) is 0 Å². The highest BCUT2D eigenvalue weighted by Crippen LogP contribution is 2.37. The molecule has 3 rings (SSSR count). The van der Waals surface area contributed by atoms with Crippen molar-refractivity contribution in [3.63, 3.8) is 0 Å². The van der Waals surface area contributed by atoms with Crippen molar-refractivity contribution in [3.05, 3.63) is 50.1 Å². The largest absolute Gasteiger partial charge is 0.487 e. The SMILES string of the molecule is CNC(c1csc(Br)c1)c1ccc2c(c1)CC(C)(C)O2. The molecule has 20 heavy (non-hydrogen) atoms. The molecular formula is C16H18BrNOS. The molecule has 1 unspecified atom stereocenters. The van der Waals surface area contributed by atoms with Crippen molar-refractivity contribution >= 4 is 27.3 Å². The fraction of sp³-hybridized carbons (Fsp3) is 0.375. The number of hydrogen-bond acceptors (Lipinski definition) is 3. The lowest BCUT2D eigenvalue weighted by Gasteiger charge is -2.17. The zero-order valence-electron chi connectivity index (χ0n) is 11.9. The van der Waals surface area contributed by atoms with Gasteiger partial charge in [-0.1, -0.05) is 12.1 Å². The summed E-state index contributed by atoms with van der Waals surface area (Å²) >= 11 is 5.26. The number of thiophene rings is 1. The molecule has 0 aliphatic carbocycles. The molecule has 0 spiro atoms. The van der Waals surface area contributed by atoms with Crippen LogP contribution < -0.4 is 10.1 Å². The molecule has 1 aliphatic heterocycles. The topological polar surface area (TPSA) is 21.3 Å². The Morgan fingerprint density at radius 3 is 2.75 bits per heavy atom. The summed E-state index contributed by atoms with van der Waals surface area (Å²) in [6.07, 6.45) is 0.972. The zero-order chi connectivity index (χ0) is 14.3. The van der Waals surface area contributed by atoms with Crippen molar-refractivity contribution in [2.45, 2.75) is 31.9 Å². The van der Waals surface area contributed by atoms with Crippen molar-refractivity contribution < 1.29 is 4.74 Å². The van der Waals surface area contributed by atoms with E-state index in [2.05, 4.69) is 64.7 Å². The van der Waals surface area contributed by atoms with Crippen molar-refractivity contribution in [2.24, 2.45) is 0 Å². The van der Waals surface area contributed by atoms with Gasteiger partial charge in [0.15, 0.2) is 0 Å². The van der Waals surface area contributed by atoms with E-state index in [9.17, 15) is 0 Å². The Kier molecular flexibility index (Phi) is 3.65. The third-order valence-electron chi connectivity index (χ3n) is 3.63. The minimum atomic E-state index is -0.0818. The van der Waals surface area contributed by atoms with Crippen LogP contribution in [0.25, 0.3) is 0 Å². The molecule has 2 aromatic rings. The molecule has 2 nitrogen and oxygen atoms in total. The van der Waals surface area contributed by atoms with E-state index in [0.29, 0.717) is 0 Å². The lowest BCUT2D eigenvalue weighted by atomic mass is 9.96. The normalized spacial score (nSPS) is 17.6. The van der Waals surface area contributed by atoms with Crippen molar-refractivity contribution in [1.29, 1.82) is 0 Å². The maximum Gasteiger partial charge on any atom is 0.123 e. The number of rotatable bonds is 3. The quantitative estimate of drug-likeness (QED) is 0.876. The molecule has 1 atom stereocenters. The molecule has 1 aromatic heterocycles. The van der Waals surface area contributed by atoms with Gasteiger partial charge < -0.3 is 10.1 Å². The van der Waals surface area contributed by atoms with Crippen LogP contribution in [0.15, 0.2) is 33.4 Å². The van der Waals surface area contributed by atoms with E-state index in [4.69, 9.17) is 4.74 Å².